The highest BCUT2D eigenvalue weighted by molar-refractivity contribution is 9.10. The first-order valence-corrected chi connectivity index (χ1v) is 7.50. The number of anilines is 1. The topological polar surface area (TPSA) is 67.6 Å². The van der Waals surface area contributed by atoms with Crippen LogP contribution in [0.4, 0.5) is 5.69 Å². The van der Waals surface area contributed by atoms with Crippen LogP contribution >= 0.6 is 15.9 Å². The summed E-state index contributed by atoms with van der Waals surface area (Å²) in [5.74, 6) is -0.335. The summed E-state index contributed by atoms with van der Waals surface area (Å²) in [6.07, 6.45) is 0.638. The molecule has 1 amide bonds. The molecule has 2 unspecified atom stereocenters. The Balaban J connectivity index is 2.10. The van der Waals surface area contributed by atoms with Crippen molar-refractivity contribution in [1.82, 2.24) is 5.32 Å². The predicted octanol–water partition coefficient (Wildman–Crippen LogP) is 0.859. The molecule has 1 aromatic rings. The van der Waals surface area contributed by atoms with Crippen molar-refractivity contribution in [2.45, 2.75) is 12.1 Å². The average Bonchev–Trinajstić information content (AvgIpc) is 2.45. The third kappa shape index (κ3) is 2.03. The highest BCUT2D eigenvalue weighted by Gasteiger charge is 2.50. The van der Waals surface area contributed by atoms with Crippen LogP contribution in [0.2, 0.25) is 0 Å². The number of nitrogens with one attached hydrogen (secondary N) is 1. The minimum absolute atomic E-state index is 0.0310. The Bertz CT molecular complexity index is 551. The zero-order chi connectivity index (χ0) is 14.3. The van der Waals surface area contributed by atoms with Crippen LogP contribution in [0.3, 0.4) is 0 Å². The molecule has 2 atom stereocenters. The van der Waals surface area contributed by atoms with Crippen molar-refractivity contribution in [3.8, 4) is 0 Å². The molecule has 2 heterocycles. The first kappa shape index (κ1) is 13.9. The first-order valence-electron chi connectivity index (χ1n) is 6.70. The van der Waals surface area contributed by atoms with Gasteiger partial charge in [-0.25, -0.2) is 0 Å². The second kappa shape index (κ2) is 5.02. The van der Waals surface area contributed by atoms with Crippen molar-refractivity contribution < 1.29 is 9.53 Å². The van der Waals surface area contributed by atoms with Crippen molar-refractivity contribution in [2.24, 2.45) is 11.7 Å². The zero-order valence-corrected chi connectivity index (χ0v) is 12.9. The van der Waals surface area contributed by atoms with E-state index in [1.54, 1.807) is 7.05 Å². The molecule has 1 saturated heterocycles. The molecule has 3 N–H and O–H groups in total. The maximum atomic E-state index is 12.2. The Kier molecular flexibility index (Phi) is 3.48. The second-order valence-corrected chi connectivity index (χ2v) is 6.26. The van der Waals surface area contributed by atoms with Gasteiger partial charge < -0.3 is 20.7 Å². The van der Waals surface area contributed by atoms with Gasteiger partial charge in [0.25, 0.3) is 0 Å². The van der Waals surface area contributed by atoms with Crippen molar-refractivity contribution >= 4 is 27.5 Å². The number of carbonyl (C=O) groups is 1. The lowest BCUT2D eigenvalue weighted by Gasteiger charge is -2.52. The summed E-state index contributed by atoms with van der Waals surface area (Å²) in [5.41, 5.74) is 8.06. The van der Waals surface area contributed by atoms with Crippen molar-refractivity contribution in [3.63, 3.8) is 0 Å². The van der Waals surface area contributed by atoms with E-state index in [4.69, 9.17) is 10.5 Å². The summed E-state index contributed by atoms with van der Waals surface area (Å²) >= 11 is 3.50. The first-order chi connectivity index (χ1) is 9.56. The highest BCUT2D eigenvalue weighted by Crippen LogP contribution is 2.40. The zero-order valence-electron chi connectivity index (χ0n) is 11.4. The van der Waals surface area contributed by atoms with Crippen LogP contribution in [-0.4, -0.2) is 38.4 Å². The summed E-state index contributed by atoms with van der Waals surface area (Å²) in [6, 6.07) is 6.14. The second-order valence-electron chi connectivity index (χ2n) is 5.34. The number of ether oxygens (including phenoxy) is 1. The Hall–Kier alpha value is -1.11. The largest absolute Gasteiger partial charge is 0.376 e. The Labute approximate surface area is 126 Å². The maximum Gasteiger partial charge on any atom is 0.227 e. The quantitative estimate of drug-likeness (QED) is 0.796. The summed E-state index contributed by atoms with van der Waals surface area (Å²) < 4.78 is 6.57. The van der Waals surface area contributed by atoms with Gasteiger partial charge in [-0.05, 0) is 24.1 Å². The Morgan fingerprint density at radius 2 is 2.40 bits per heavy atom. The lowest BCUT2D eigenvalue weighted by Crippen LogP contribution is -2.71. The number of nitrogens with two attached hydrogens (primary N) is 1. The highest BCUT2D eigenvalue weighted by atomic mass is 79.9. The number of nitrogens with zero attached hydrogens (tertiary/aromatic N) is 1. The molecular formula is C14H18BrN3O2. The molecule has 0 radical (unpaired) electrons. The monoisotopic (exact) mass is 339 g/mol. The lowest BCUT2D eigenvalue weighted by molar-refractivity contribution is -0.129. The molecule has 0 bridgehead atoms. The van der Waals surface area contributed by atoms with Gasteiger partial charge in [-0.1, -0.05) is 22.0 Å². The number of rotatable bonds is 1. The van der Waals surface area contributed by atoms with Crippen LogP contribution in [0.1, 0.15) is 5.56 Å². The third-order valence-corrected chi connectivity index (χ3v) is 4.72. The average molecular weight is 340 g/mol. The number of hydrogen-bond acceptors (Lipinski definition) is 4. The maximum absolute atomic E-state index is 12.2. The molecule has 2 aliphatic rings. The van der Waals surface area contributed by atoms with Gasteiger partial charge in [0, 0.05) is 23.8 Å². The van der Waals surface area contributed by atoms with Gasteiger partial charge in [0.05, 0.1) is 19.1 Å². The van der Waals surface area contributed by atoms with Gasteiger partial charge in [-0.2, -0.15) is 0 Å². The third-order valence-electron chi connectivity index (χ3n) is 4.22. The molecule has 0 spiro atoms. The SMILES string of the molecule is CNC(=O)C1Cc2ccc(Br)cc2N2CCOCC12N. The smallest absolute Gasteiger partial charge is 0.227 e. The van der Waals surface area contributed by atoms with Gasteiger partial charge in [0.1, 0.15) is 5.66 Å². The number of amides is 1. The lowest BCUT2D eigenvalue weighted by atomic mass is 9.80. The van der Waals surface area contributed by atoms with E-state index in [1.807, 2.05) is 6.07 Å². The van der Waals surface area contributed by atoms with E-state index >= 15 is 0 Å². The van der Waals surface area contributed by atoms with Crippen LogP contribution in [-0.2, 0) is 16.0 Å². The number of carbonyl (C=O) groups excluding carboxylic acids is 1. The molecule has 1 aromatic carbocycles. The van der Waals surface area contributed by atoms with Crippen LogP contribution in [0.15, 0.2) is 22.7 Å². The van der Waals surface area contributed by atoms with Crippen LogP contribution in [0, 0.1) is 5.92 Å². The van der Waals surface area contributed by atoms with Crippen LogP contribution < -0.4 is 16.0 Å². The van der Waals surface area contributed by atoms with E-state index in [2.05, 4.69) is 38.3 Å². The fourth-order valence-electron chi connectivity index (χ4n) is 3.16. The van der Waals surface area contributed by atoms with E-state index in [1.165, 1.54) is 0 Å². The molecule has 3 rings (SSSR count). The van der Waals surface area contributed by atoms with E-state index < -0.39 is 5.66 Å². The molecule has 1 fully saturated rings. The van der Waals surface area contributed by atoms with Gasteiger partial charge in [-0.15, -0.1) is 0 Å². The number of fused-ring (bicyclic) bond motifs is 3. The van der Waals surface area contributed by atoms with Crippen molar-refractivity contribution in [2.75, 3.05) is 31.7 Å². The molecule has 6 heteroatoms. The van der Waals surface area contributed by atoms with E-state index in [9.17, 15) is 4.79 Å². The molecule has 0 aromatic heterocycles. The molecule has 0 aliphatic carbocycles. The molecule has 2 aliphatic heterocycles. The molecule has 5 nitrogen and oxygen atoms in total. The Morgan fingerprint density at radius 3 is 3.15 bits per heavy atom. The van der Waals surface area contributed by atoms with Crippen LogP contribution in [0.25, 0.3) is 0 Å². The fourth-order valence-corrected chi connectivity index (χ4v) is 3.51. The summed E-state index contributed by atoms with van der Waals surface area (Å²) in [5, 5.41) is 2.72. The van der Waals surface area contributed by atoms with E-state index in [0.717, 1.165) is 15.7 Å². The summed E-state index contributed by atoms with van der Waals surface area (Å²) in [6.45, 7) is 1.70. The van der Waals surface area contributed by atoms with Crippen LogP contribution in [0.5, 0.6) is 0 Å². The van der Waals surface area contributed by atoms with E-state index in [-0.39, 0.29) is 11.8 Å². The number of morpholine rings is 1. The summed E-state index contributed by atoms with van der Waals surface area (Å²) in [4.78, 5) is 14.3. The predicted molar refractivity (Wildman–Crippen MR) is 80.5 cm³/mol. The molecule has 20 heavy (non-hydrogen) atoms. The van der Waals surface area contributed by atoms with Crippen molar-refractivity contribution in [1.29, 1.82) is 0 Å². The van der Waals surface area contributed by atoms with Gasteiger partial charge in [0.15, 0.2) is 0 Å². The summed E-state index contributed by atoms with van der Waals surface area (Å²) in [7, 11) is 1.65. The number of benzene rings is 1. The molecule has 108 valence electrons. The number of hydrogen-bond donors (Lipinski definition) is 2. The number of halogens is 1. The standard InChI is InChI=1S/C14H18BrN3O2/c1-17-13(19)11-6-9-2-3-10(15)7-12(9)18-4-5-20-8-14(11,18)16/h2-3,7,11H,4-6,8,16H2,1H3,(H,17,19). The van der Waals surface area contributed by atoms with E-state index in [0.29, 0.717) is 26.2 Å². The van der Waals surface area contributed by atoms with Gasteiger partial charge >= 0.3 is 0 Å². The van der Waals surface area contributed by atoms with Gasteiger partial charge in [-0.3, -0.25) is 4.79 Å². The molecule has 0 saturated carbocycles. The van der Waals surface area contributed by atoms with Gasteiger partial charge in [0.2, 0.25) is 5.91 Å². The minimum atomic E-state index is -0.772. The fraction of sp³-hybridized carbons (Fsp3) is 0.500. The Morgan fingerprint density at radius 1 is 1.60 bits per heavy atom. The normalized spacial score (nSPS) is 28.6. The minimum Gasteiger partial charge on any atom is -0.376 e. The molecular weight excluding hydrogens is 322 g/mol. The van der Waals surface area contributed by atoms with Crippen molar-refractivity contribution in [3.05, 3.63) is 28.2 Å².